The average molecular weight is 264 g/mol. The molecule has 0 spiro atoms. The van der Waals surface area contributed by atoms with E-state index in [9.17, 15) is 9.59 Å². The van der Waals surface area contributed by atoms with E-state index >= 15 is 0 Å². The molecular formula is C16H12N2O2. The smallest absolute Gasteiger partial charge is 0.255 e. The monoisotopic (exact) mass is 264 g/mol. The van der Waals surface area contributed by atoms with E-state index in [1.165, 1.54) is 6.07 Å². The normalized spacial score (nSPS) is 9.55. The first kappa shape index (κ1) is 13.4. The van der Waals surface area contributed by atoms with Gasteiger partial charge in [0.1, 0.15) is 0 Å². The predicted molar refractivity (Wildman–Crippen MR) is 77.3 cm³/mol. The number of hydrogen-bond acceptors (Lipinski definition) is 2. The number of anilines is 1. The van der Waals surface area contributed by atoms with Crippen molar-refractivity contribution in [2.24, 2.45) is 5.73 Å². The van der Waals surface area contributed by atoms with Crippen molar-refractivity contribution in [2.75, 3.05) is 5.32 Å². The van der Waals surface area contributed by atoms with Crippen LogP contribution in [0.2, 0.25) is 0 Å². The summed E-state index contributed by atoms with van der Waals surface area (Å²) in [5, 5.41) is 2.71. The molecule has 0 aromatic heterocycles. The minimum absolute atomic E-state index is 0.287. The van der Waals surface area contributed by atoms with Crippen molar-refractivity contribution in [3.8, 4) is 12.3 Å². The maximum Gasteiger partial charge on any atom is 0.255 e. The van der Waals surface area contributed by atoms with Crippen molar-refractivity contribution >= 4 is 17.5 Å². The fraction of sp³-hybridized carbons (Fsp3) is 0. The van der Waals surface area contributed by atoms with Gasteiger partial charge in [0.2, 0.25) is 5.91 Å². The molecular weight excluding hydrogens is 252 g/mol. The van der Waals surface area contributed by atoms with Gasteiger partial charge in [-0.2, -0.15) is 0 Å². The fourth-order valence-corrected chi connectivity index (χ4v) is 1.70. The summed E-state index contributed by atoms with van der Waals surface area (Å²) in [6.07, 6.45) is 5.30. The molecule has 0 heterocycles. The Morgan fingerprint density at radius 3 is 2.45 bits per heavy atom. The molecule has 2 aromatic rings. The highest BCUT2D eigenvalue weighted by Crippen LogP contribution is 2.12. The van der Waals surface area contributed by atoms with Crippen LogP contribution in [-0.2, 0) is 0 Å². The minimum Gasteiger partial charge on any atom is -0.366 e. The number of terminal acetylenes is 1. The molecule has 0 aliphatic rings. The summed E-state index contributed by atoms with van der Waals surface area (Å²) in [4.78, 5) is 23.2. The number of carbonyl (C=O) groups excluding carboxylic acids is 2. The maximum atomic E-state index is 12.1. The van der Waals surface area contributed by atoms with Crippen molar-refractivity contribution < 1.29 is 9.59 Å². The van der Waals surface area contributed by atoms with Gasteiger partial charge in [0.25, 0.3) is 5.91 Å². The van der Waals surface area contributed by atoms with Crippen molar-refractivity contribution in [1.29, 1.82) is 0 Å². The van der Waals surface area contributed by atoms with Crippen LogP contribution in [0.3, 0.4) is 0 Å². The molecule has 0 atom stereocenters. The zero-order valence-electron chi connectivity index (χ0n) is 10.6. The zero-order chi connectivity index (χ0) is 14.5. The first-order chi connectivity index (χ1) is 9.60. The van der Waals surface area contributed by atoms with Gasteiger partial charge in [0, 0.05) is 22.4 Å². The fourth-order valence-electron chi connectivity index (χ4n) is 1.70. The van der Waals surface area contributed by atoms with Gasteiger partial charge in [0.15, 0.2) is 0 Å². The molecule has 0 aliphatic heterocycles. The summed E-state index contributed by atoms with van der Waals surface area (Å²) in [5.41, 5.74) is 7.09. The van der Waals surface area contributed by atoms with Crippen LogP contribution in [0.15, 0.2) is 48.5 Å². The van der Waals surface area contributed by atoms with E-state index in [0.29, 0.717) is 16.8 Å². The summed E-state index contributed by atoms with van der Waals surface area (Å²) >= 11 is 0. The number of primary amides is 1. The molecule has 0 fully saturated rings. The topological polar surface area (TPSA) is 72.2 Å². The number of nitrogens with one attached hydrogen (secondary N) is 1. The molecule has 2 aromatic carbocycles. The SMILES string of the molecule is C#Cc1cccc(NC(=O)c2cccc(C(N)=O)c2)c1. The standard InChI is InChI=1S/C16H12N2O2/c1-2-11-5-3-8-14(9-11)18-16(20)13-7-4-6-12(10-13)15(17)19/h1,3-10H,(H2,17,19)(H,18,20). The van der Waals surface area contributed by atoms with E-state index < -0.39 is 5.91 Å². The number of amides is 2. The molecule has 0 aliphatic carbocycles. The van der Waals surface area contributed by atoms with Crippen LogP contribution >= 0.6 is 0 Å². The van der Waals surface area contributed by atoms with Crippen LogP contribution < -0.4 is 11.1 Å². The molecule has 98 valence electrons. The van der Waals surface area contributed by atoms with Crippen molar-refractivity contribution in [3.05, 3.63) is 65.2 Å². The highest BCUT2D eigenvalue weighted by Gasteiger charge is 2.08. The molecule has 20 heavy (non-hydrogen) atoms. The summed E-state index contributed by atoms with van der Waals surface area (Å²) < 4.78 is 0. The van der Waals surface area contributed by atoms with E-state index in [2.05, 4.69) is 11.2 Å². The van der Waals surface area contributed by atoms with Gasteiger partial charge in [-0.15, -0.1) is 6.42 Å². The molecule has 4 heteroatoms. The van der Waals surface area contributed by atoms with Crippen LogP contribution in [0, 0.1) is 12.3 Å². The number of hydrogen-bond donors (Lipinski definition) is 2. The Bertz CT molecular complexity index is 714. The Morgan fingerprint density at radius 2 is 1.75 bits per heavy atom. The van der Waals surface area contributed by atoms with Gasteiger partial charge in [-0.25, -0.2) is 0 Å². The van der Waals surface area contributed by atoms with Crippen LogP contribution in [0.1, 0.15) is 26.3 Å². The minimum atomic E-state index is -0.575. The van der Waals surface area contributed by atoms with E-state index in [-0.39, 0.29) is 11.5 Å². The maximum absolute atomic E-state index is 12.1. The molecule has 0 bridgehead atoms. The molecule has 0 radical (unpaired) electrons. The Morgan fingerprint density at radius 1 is 1.05 bits per heavy atom. The summed E-state index contributed by atoms with van der Waals surface area (Å²) in [5.74, 6) is 1.59. The molecule has 0 saturated carbocycles. The Balaban J connectivity index is 2.22. The van der Waals surface area contributed by atoms with Gasteiger partial charge in [-0.1, -0.05) is 18.1 Å². The second kappa shape index (κ2) is 5.72. The van der Waals surface area contributed by atoms with Gasteiger partial charge >= 0.3 is 0 Å². The number of benzene rings is 2. The van der Waals surface area contributed by atoms with Gasteiger partial charge in [-0.3, -0.25) is 9.59 Å². The third-order valence-electron chi connectivity index (χ3n) is 2.70. The second-order valence-electron chi connectivity index (χ2n) is 4.12. The lowest BCUT2D eigenvalue weighted by Crippen LogP contribution is -2.15. The molecule has 4 nitrogen and oxygen atoms in total. The summed E-state index contributed by atoms with van der Waals surface area (Å²) in [7, 11) is 0. The third kappa shape index (κ3) is 3.03. The quantitative estimate of drug-likeness (QED) is 0.832. The van der Waals surface area contributed by atoms with E-state index in [0.717, 1.165) is 0 Å². The van der Waals surface area contributed by atoms with Crippen LogP contribution in [-0.4, -0.2) is 11.8 Å². The molecule has 2 amide bonds. The highest BCUT2D eigenvalue weighted by atomic mass is 16.2. The highest BCUT2D eigenvalue weighted by molar-refractivity contribution is 6.06. The van der Waals surface area contributed by atoms with Crippen molar-refractivity contribution in [1.82, 2.24) is 0 Å². The Kier molecular flexibility index (Phi) is 3.82. The summed E-state index contributed by atoms with van der Waals surface area (Å²) in [6.45, 7) is 0. The predicted octanol–water partition coefficient (Wildman–Crippen LogP) is 2.02. The molecule has 3 N–H and O–H groups in total. The Labute approximate surface area is 116 Å². The molecule has 0 saturated heterocycles. The van der Waals surface area contributed by atoms with Crippen molar-refractivity contribution in [3.63, 3.8) is 0 Å². The lowest BCUT2D eigenvalue weighted by atomic mass is 10.1. The number of nitrogens with two attached hydrogens (primary N) is 1. The van der Waals surface area contributed by atoms with Gasteiger partial charge < -0.3 is 11.1 Å². The first-order valence-corrected chi connectivity index (χ1v) is 5.88. The average Bonchev–Trinajstić information content (AvgIpc) is 2.47. The first-order valence-electron chi connectivity index (χ1n) is 5.88. The lowest BCUT2D eigenvalue weighted by molar-refractivity contribution is 0.1000. The van der Waals surface area contributed by atoms with Gasteiger partial charge in [-0.05, 0) is 36.4 Å². The van der Waals surface area contributed by atoms with Crippen molar-refractivity contribution in [2.45, 2.75) is 0 Å². The van der Waals surface area contributed by atoms with E-state index in [1.807, 2.05) is 0 Å². The van der Waals surface area contributed by atoms with Crippen LogP contribution in [0.5, 0.6) is 0 Å². The van der Waals surface area contributed by atoms with E-state index in [1.54, 1.807) is 42.5 Å². The summed E-state index contributed by atoms with van der Waals surface area (Å²) in [6, 6.07) is 13.2. The largest absolute Gasteiger partial charge is 0.366 e. The number of carbonyl (C=O) groups is 2. The Hall–Kier alpha value is -3.06. The van der Waals surface area contributed by atoms with E-state index in [4.69, 9.17) is 12.2 Å². The third-order valence-corrected chi connectivity index (χ3v) is 2.70. The molecule has 0 unspecified atom stereocenters. The second-order valence-corrected chi connectivity index (χ2v) is 4.12. The van der Waals surface area contributed by atoms with Crippen LogP contribution in [0.25, 0.3) is 0 Å². The van der Waals surface area contributed by atoms with Gasteiger partial charge in [0.05, 0.1) is 0 Å². The molecule has 2 rings (SSSR count). The number of rotatable bonds is 3. The zero-order valence-corrected chi connectivity index (χ0v) is 10.6. The van der Waals surface area contributed by atoms with Crippen LogP contribution in [0.4, 0.5) is 5.69 Å². The lowest BCUT2D eigenvalue weighted by Gasteiger charge is -2.06.